The number of hydrogen-bond acceptors (Lipinski definition) is 2. The van der Waals surface area contributed by atoms with Crippen molar-refractivity contribution < 1.29 is 4.79 Å². The van der Waals surface area contributed by atoms with Gasteiger partial charge in [0.05, 0.1) is 12.0 Å². The number of halogens is 1. The first-order valence-corrected chi connectivity index (χ1v) is 8.07. The van der Waals surface area contributed by atoms with Gasteiger partial charge in [0.2, 0.25) is 5.91 Å². The van der Waals surface area contributed by atoms with Gasteiger partial charge in [-0.15, -0.1) is 12.4 Å². The molecule has 0 aliphatic rings. The zero-order valence-corrected chi connectivity index (χ0v) is 15.6. The molecule has 0 bridgehead atoms. The van der Waals surface area contributed by atoms with Crippen LogP contribution in [0.15, 0.2) is 48.5 Å². The average molecular weight is 347 g/mol. The minimum absolute atomic E-state index is 0. The van der Waals surface area contributed by atoms with Crippen molar-refractivity contribution in [1.82, 2.24) is 5.32 Å². The second kappa shape index (κ2) is 8.86. The molecule has 3 atom stereocenters. The van der Waals surface area contributed by atoms with E-state index >= 15 is 0 Å². The summed E-state index contributed by atoms with van der Waals surface area (Å²) >= 11 is 0. The molecule has 2 aromatic carbocycles. The average Bonchev–Trinajstić information content (AvgIpc) is 2.53. The molecule has 130 valence electrons. The Morgan fingerprint density at radius 1 is 0.958 bits per heavy atom. The Morgan fingerprint density at radius 2 is 1.50 bits per heavy atom. The van der Waals surface area contributed by atoms with Crippen molar-refractivity contribution in [1.29, 1.82) is 0 Å². The molecule has 0 radical (unpaired) electrons. The van der Waals surface area contributed by atoms with Crippen molar-refractivity contribution in [3.05, 3.63) is 70.8 Å². The van der Waals surface area contributed by atoms with E-state index in [0.717, 1.165) is 11.1 Å². The molecule has 0 heterocycles. The smallest absolute Gasteiger partial charge is 0.225 e. The fourth-order valence-electron chi connectivity index (χ4n) is 2.82. The molecule has 4 heteroatoms. The molecule has 1 amide bonds. The van der Waals surface area contributed by atoms with E-state index in [9.17, 15) is 4.79 Å². The van der Waals surface area contributed by atoms with Crippen molar-refractivity contribution in [2.75, 3.05) is 0 Å². The highest BCUT2D eigenvalue weighted by atomic mass is 35.5. The highest BCUT2D eigenvalue weighted by Crippen LogP contribution is 2.21. The first kappa shape index (κ1) is 20.2. The van der Waals surface area contributed by atoms with Crippen molar-refractivity contribution in [2.24, 2.45) is 11.7 Å². The summed E-state index contributed by atoms with van der Waals surface area (Å²) in [6.45, 7) is 8.02. The second-order valence-corrected chi connectivity index (χ2v) is 6.38. The SMILES string of the molecule is Cc1cc(C)cc(C(C)NC(=O)C(C)C(N)c2ccccc2)c1.Cl. The number of amides is 1. The maximum Gasteiger partial charge on any atom is 0.225 e. The Labute approximate surface area is 151 Å². The van der Waals surface area contributed by atoms with E-state index in [4.69, 9.17) is 5.73 Å². The summed E-state index contributed by atoms with van der Waals surface area (Å²) in [5.74, 6) is -0.307. The van der Waals surface area contributed by atoms with Gasteiger partial charge in [0.1, 0.15) is 0 Å². The Kier molecular flexibility index (Phi) is 7.46. The normalized spacial score (nSPS) is 14.2. The van der Waals surface area contributed by atoms with Gasteiger partial charge >= 0.3 is 0 Å². The van der Waals surface area contributed by atoms with Gasteiger partial charge in [-0.05, 0) is 31.9 Å². The third-order valence-electron chi connectivity index (χ3n) is 4.24. The maximum atomic E-state index is 12.5. The zero-order chi connectivity index (χ0) is 17.0. The lowest BCUT2D eigenvalue weighted by atomic mass is 9.94. The molecule has 0 aliphatic carbocycles. The predicted octanol–water partition coefficient (Wildman–Crippen LogP) is 4.24. The van der Waals surface area contributed by atoms with Crippen molar-refractivity contribution >= 4 is 18.3 Å². The van der Waals surface area contributed by atoms with Crippen LogP contribution in [0.1, 0.15) is 48.2 Å². The van der Waals surface area contributed by atoms with E-state index in [1.807, 2.05) is 44.2 Å². The minimum Gasteiger partial charge on any atom is -0.349 e. The standard InChI is InChI=1S/C20H26N2O.ClH/c1-13-10-14(2)12-18(11-13)16(4)22-20(23)15(3)19(21)17-8-6-5-7-9-17;/h5-12,15-16,19H,21H2,1-4H3,(H,22,23);1H. The third kappa shape index (κ3) is 5.08. The van der Waals surface area contributed by atoms with Crippen LogP contribution < -0.4 is 11.1 Å². The summed E-state index contributed by atoms with van der Waals surface area (Å²) < 4.78 is 0. The van der Waals surface area contributed by atoms with Crippen LogP contribution in [0.25, 0.3) is 0 Å². The third-order valence-corrected chi connectivity index (χ3v) is 4.24. The summed E-state index contributed by atoms with van der Waals surface area (Å²) in [6, 6.07) is 15.8. The first-order chi connectivity index (χ1) is 10.9. The summed E-state index contributed by atoms with van der Waals surface area (Å²) in [5.41, 5.74) is 10.8. The van der Waals surface area contributed by atoms with Crippen LogP contribution >= 0.6 is 12.4 Å². The van der Waals surface area contributed by atoms with Crippen LogP contribution in [-0.2, 0) is 4.79 Å². The van der Waals surface area contributed by atoms with Gasteiger partial charge < -0.3 is 11.1 Å². The summed E-state index contributed by atoms with van der Waals surface area (Å²) in [4.78, 5) is 12.5. The second-order valence-electron chi connectivity index (χ2n) is 6.38. The Hall–Kier alpha value is -1.84. The summed E-state index contributed by atoms with van der Waals surface area (Å²) in [5, 5.41) is 3.08. The zero-order valence-electron chi connectivity index (χ0n) is 14.7. The van der Waals surface area contributed by atoms with E-state index in [1.54, 1.807) is 0 Å². The van der Waals surface area contributed by atoms with E-state index in [0.29, 0.717) is 0 Å². The van der Waals surface area contributed by atoms with Crippen molar-refractivity contribution in [3.63, 3.8) is 0 Å². The van der Waals surface area contributed by atoms with Gasteiger partial charge in [0.15, 0.2) is 0 Å². The molecule has 2 aromatic rings. The van der Waals surface area contributed by atoms with Crippen LogP contribution in [-0.4, -0.2) is 5.91 Å². The van der Waals surface area contributed by atoms with Gasteiger partial charge in [0.25, 0.3) is 0 Å². The number of benzene rings is 2. The monoisotopic (exact) mass is 346 g/mol. The molecular formula is C20H27ClN2O. The molecular weight excluding hydrogens is 320 g/mol. The Balaban J connectivity index is 0.00000288. The molecule has 0 saturated carbocycles. The lowest BCUT2D eigenvalue weighted by molar-refractivity contribution is -0.125. The fourth-order valence-corrected chi connectivity index (χ4v) is 2.82. The molecule has 3 nitrogen and oxygen atoms in total. The van der Waals surface area contributed by atoms with E-state index < -0.39 is 0 Å². The lowest BCUT2D eigenvalue weighted by Crippen LogP contribution is -2.36. The Morgan fingerprint density at radius 3 is 2.04 bits per heavy atom. The number of carbonyl (C=O) groups is 1. The highest BCUT2D eigenvalue weighted by molar-refractivity contribution is 5.85. The predicted molar refractivity (Wildman–Crippen MR) is 102 cm³/mol. The van der Waals surface area contributed by atoms with Crippen LogP contribution in [0.2, 0.25) is 0 Å². The maximum absolute atomic E-state index is 12.5. The molecule has 2 rings (SSSR count). The van der Waals surface area contributed by atoms with Gasteiger partial charge in [-0.2, -0.15) is 0 Å². The molecule has 24 heavy (non-hydrogen) atoms. The lowest BCUT2D eigenvalue weighted by Gasteiger charge is -2.23. The van der Waals surface area contributed by atoms with E-state index in [2.05, 4.69) is 37.4 Å². The quantitative estimate of drug-likeness (QED) is 0.850. The van der Waals surface area contributed by atoms with Crippen LogP contribution in [0.3, 0.4) is 0 Å². The van der Waals surface area contributed by atoms with Gasteiger partial charge in [-0.3, -0.25) is 4.79 Å². The number of rotatable bonds is 5. The van der Waals surface area contributed by atoms with Crippen LogP contribution in [0, 0.1) is 19.8 Å². The fraction of sp³-hybridized carbons (Fsp3) is 0.350. The molecule has 0 aromatic heterocycles. The number of aryl methyl sites for hydroxylation is 2. The van der Waals surface area contributed by atoms with Crippen LogP contribution in [0.5, 0.6) is 0 Å². The van der Waals surface area contributed by atoms with Gasteiger partial charge in [-0.25, -0.2) is 0 Å². The van der Waals surface area contributed by atoms with Crippen LogP contribution in [0.4, 0.5) is 0 Å². The highest BCUT2D eigenvalue weighted by Gasteiger charge is 2.23. The van der Waals surface area contributed by atoms with Gasteiger partial charge in [0, 0.05) is 6.04 Å². The van der Waals surface area contributed by atoms with Gasteiger partial charge in [-0.1, -0.05) is 66.6 Å². The topological polar surface area (TPSA) is 55.1 Å². The molecule has 0 spiro atoms. The molecule has 0 saturated heterocycles. The number of nitrogens with one attached hydrogen (secondary N) is 1. The molecule has 3 unspecified atom stereocenters. The largest absolute Gasteiger partial charge is 0.349 e. The van der Waals surface area contributed by atoms with Crippen molar-refractivity contribution in [3.8, 4) is 0 Å². The molecule has 3 N–H and O–H groups in total. The summed E-state index contributed by atoms with van der Waals surface area (Å²) in [7, 11) is 0. The minimum atomic E-state index is -0.303. The van der Waals surface area contributed by atoms with Crippen molar-refractivity contribution in [2.45, 2.75) is 39.8 Å². The molecule has 0 fully saturated rings. The Bertz CT molecular complexity index is 652. The number of hydrogen-bond donors (Lipinski definition) is 2. The molecule has 0 aliphatic heterocycles. The number of carbonyl (C=O) groups excluding carboxylic acids is 1. The first-order valence-electron chi connectivity index (χ1n) is 8.07. The summed E-state index contributed by atoms with van der Waals surface area (Å²) in [6.07, 6.45) is 0. The van der Waals surface area contributed by atoms with E-state index in [1.165, 1.54) is 11.1 Å². The number of nitrogens with two attached hydrogens (primary N) is 1. The van der Waals surface area contributed by atoms with E-state index in [-0.39, 0.29) is 36.3 Å².